The summed E-state index contributed by atoms with van der Waals surface area (Å²) in [5.41, 5.74) is 0.482. The van der Waals surface area contributed by atoms with Gasteiger partial charge < -0.3 is 10.6 Å². The van der Waals surface area contributed by atoms with Gasteiger partial charge in [-0.1, -0.05) is 13.8 Å². The Labute approximate surface area is 123 Å². The van der Waals surface area contributed by atoms with Crippen molar-refractivity contribution in [2.45, 2.75) is 64.8 Å². The van der Waals surface area contributed by atoms with E-state index in [1.807, 2.05) is 0 Å². The highest BCUT2D eigenvalue weighted by Crippen LogP contribution is 2.35. The Morgan fingerprint density at radius 2 is 1.74 bits per heavy atom. The van der Waals surface area contributed by atoms with Crippen molar-refractivity contribution in [1.29, 1.82) is 0 Å². The number of carbonyl (C=O) groups excluding carboxylic acids is 1. The highest BCUT2D eigenvalue weighted by Gasteiger charge is 2.28. The van der Waals surface area contributed by atoms with Crippen LogP contribution in [0.2, 0.25) is 0 Å². The third kappa shape index (κ3) is 5.70. The van der Waals surface area contributed by atoms with E-state index in [9.17, 15) is 4.79 Å². The largest absolute Gasteiger partial charge is 0.353 e. The van der Waals surface area contributed by atoms with E-state index in [0.29, 0.717) is 17.4 Å². The highest BCUT2D eigenvalue weighted by molar-refractivity contribution is 5.85. The van der Waals surface area contributed by atoms with E-state index in [0.717, 1.165) is 45.2 Å². The van der Waals surface area contributed by atoms with E-state index >= 15 is 0 Å². The molecule has 0 spiro atoms. The Hall–Kier alpha value is -0.280. The van der Waals surface area contributed by atoms with Crippen LogP contribution in [0.3, 0.4) is 0 Å². The lowest BCUT2D eigenvalue weighted by molar-refractivity contribution is -0.123. The van der Waals surface area contributed by atoms with E-state index in [2.05, 4.69) is 24.5 Å². The summed E-state index contributed by atoms with van der Waals surface area (Å²) in [6.07, 6.45) is 7.85. The van der Waals surface area contributed by atoms with Gasteiger partial charge in [0.05, 0.1) is 0 Å². The second-order valence-electron chi connectivity index (χ2n) is 6.90. The lowest BCUT2D eigenvalue weighted by Gasteiger charge is -2.35. The zero-order valence-electron chi connectivity index (χ0n) is 12.3. The van der Waals surface area contributed by atoms with Crippen LogP contribution in [0.5, 0.6) is 0 Å². The molecule has 0 aromatic rings. The molecule has 2 N–H and O–H groups in total. The Balaban J connectivity index is 0.00000180. The number of rotatable bonds is 3. The van der Waals surface area contributed by atoms with Crippen LogP contribution in [0.15, 0.2) is 0 Å². The molecule has 1 saturated heterocycles. The molecule has 0 unspecified atom stereocenters. The predicted molar refractivity (Wildman–Crippen MR) is 81.6 cm³/mol. The number of carbonyl (C=O) groups is 1. The Morgan fingerprint density at radius 1 is 1.16 bits per heavy atom. The van der Waals surface area contributed by atoms with Crippen molar-refractivity contribution in [3.63, 3.8) is 0 Å². The second-order valence-corrected chi connectivity index (χ2v) is 6.90. The molecule has 2 aliphatic rings. The van der Waals surface area contributed by atoms with Crippen LogP contribution in [0.25, 0.3) is 0 Å². The molecule has 2 fully saturated rings. The number of nitrogens with one attached hydrogen (secondary N) is 2. The van der Waals surface area contributed by atoms with Crippen LogP contribution >= 0.6 is 12.4 Å². The molecule has 112 valence electrons. The second kappa shape index (κ2) is 7.49. The summed E-state index contributed by atoms with van der Waals surface area (Å²) >= 11 is 0. The number of hydrogen-bond acceptors (Lipinski definition) is 2. The van der Waals surface area contributed by atoms with Gasteiger partial charge in [0.2, 0.25) is 5.91 Å². The molecule has 1 aliphatic carbocycles. The lowest BCUT2D eigenvalue weighted by Crippen LogP contribution is -2.40. The minimum Gasteiger partial charge on any atom is -0.353 e. The van der Waals surface area contributed by atoms with Gasteiger partial charge in [-0.15, -0.1) is 12.4 Å². The van der Waals surface area contributed by atoms with E-state index < -0.39 is 0 Å². The van der Waals surface area contributed by atoms with Crippen molar-refractivity contribution in [3.8, 4) is 0 Å². The van der Waals surface area contributed by atoms with Crippen molar-refractivity contribution in [2.75, 3.05) is 13.1 Å². The Morgan fingerprint density at radius 3 is 2.32 bits per heavy atom. The van der Waals surface area contributed by atoms with E-state index in [1.54, 1.807) is 0 Å². The van der Waals surface area contributed by atoms with Crippen LogP contribution in [-0.2, 0) is 4.79 Å². The molecule has 2 rings (SSSR count). The Kier molecular flexibility index (Phi) is 6.61. The van der Waals surface area contributed by atoms with Gasteiger partial charge in [-0.3, -0.25) is 4.79 Å². The summed E-state index contributed by atoms with van der Waals surface area (Å²) in [7, 11) is 0. The van der Waals surface area contributed by atoms with Crippen LogP contribution in [0, 0.1) is 11.3 Å². The first-order valence-corrected chi connectivity index (χ1v) is 7.55. The molecule has 1 heterocycles. The van der Waals surface area contributed by atoms with Crippen LogP contribution in [-0.4, -0.2) is 25.0 Å². The molecule has 3 nitrogen and oxygen atoms in total. The van der Waals surface area contributed by atoms with Crippen molar-refractivity contribution < 1.29 is 4.79 Å². The number of halogens is 1. The number of hydrogen-bond donors (Lipinski definition) is 2. The maximum absolute atomic E-state index is 12.0. The van der Waals surface area contributed by atoms with Crippen LogP contribution in [0.1, 0.15) is 58.8 Å². The zero-order chi connectivity index (χ0) is 13.0. The van der Waals surface area contributed by atoms with Gasteiger partial charge in [0.15, 0.2) is 0 Å². The fraction of sp³-hybridized carbons (Fsp3) is 0.933. The van der Waals surface area contributed by atoms with Gasteiger partial charge in [0.1, 0.15) is 0 Å². The topological polar surface area (TPSA) is 41.1 Å². The van der Waals surface area contributed by atoms with Gasteiger partial charge in [0, 0.05) is 12.5 Å². The monoisotopic (exact) mass is 288 g/mol. The first kappa shape index (κ1) is 16.8. The molecule has 1 amide bonds. The van der Waals surface area contributed by atoms with Gasteiger partial charge in [-0.05, 0) is 62.9 Å². The average molecular weight is 289 g/mol. The first-order valence-electron chi connectivity index (χ1n) is 7.55. The van der Waals surface area contributed by atoms with Crippen LogP contribution < -0.4 is 10.6 Å². The molecular formula is C15H29ClN2O. The standard InChI is InChI=1S/C15H28N2O.ClH/c1-15(2)7-3-13(4-8-15)17-14(18)11-12-5-9-16-10-6-12;/h12-13,16H,3-11H2,1-2H3,(H,17,18);1H. The average Bonchev–Trinajstić information content (AvgIpc) is 2.33. The quantitative estimate of drug-likeness (QED) is 0.838. The number of piperidine rings is 1. The molecule has 0 aromatic carbocycles. The summed E-state index contributed by atoms with van der Waals surface area (Å²) < 4.78 is 0. The molecule has 0 radical (unpaired) electrons. The molecule has 4 heteroatoms. The lowest BCUT2D eigenvalue weighted by atomic mass is 9.75. The smallest absolute Gasteiger partial charge is 0.220 e. The van der Waals surface area contributed by atoms with Crippen LogP contribution in [0.4, 0.5) is 0 Å². The highest BCUT2D eigenvalue weighted by atomic mass is 35.5. The van der Waals surface area contributed by atoms with Gasteiger partial charge in [-0.25, -0.2) is 0 Å². The fourth-order valence-electron chi connectivity index (χ4n) is 3.18. The van der Waals surface area contributed by atoms with Gasteiger partial charge in [0.25, 0.3) is 0 Å². The minimum atomic E-state index is 0. The summed E-state index contributed by atoms with van der Waals surface area (Å²) in [6, 6.07) is 0.437. The zero-order valence-corrected chi connectivity index (χ0v) is 13.2. The van der Waals surface area contributed by atoms with Crippen molar-refractivity contribution in [2.24, 2.45) is 11.3 Å². The van der Waals surface area contributed by atoms with Crippen molar-refractivity contribution in [1.82, 2.24) is 10.6 Å². The van der Waals surface area contributed by atoms with E-state index in [4.69, 9.17) is 0 Å². The molecule has 0 aromatic heterocycles. The molecule has 0 bridgehead atoms. The molecular weight excluding hydrogens is 260 g/mol. The summed E-state index contributed by atoms with van der Waals surface area (Å²) in [6.45, 7) is 6.82. The maximum Gasteiger partial charge on any atom is 0.220 e. The Bertz CT molecular complexity index is 278. The van der Waals surface area contributed by atoms with E-state index in [1.165, 1.54) is 12.8 Å². The summed E-state index contributed by atoms with van der Waals surface area (Å²) in [5.74, 6) is 0.887. The number of amides is 1. The van der Waals surface area contributed by atoms with Crippen molar-refractivity contribution in [3.05, 3.63) is 0 Å². The normalized spacial score (nSPS) is 24.5. The predicted octanol–water partition coefficient (Wildman–Crippen LogP) is 2.88. The molecule has 0 atom stereocenters. The third-order valence-corrected chi connectivity index (χ3v) is 4.64. The maximum atomic E-state index is 12.0. The summed E-state index contributed by atoms with van der Waals surface area (Å²) in [4.78, 5) is 12.0. The SMILES string of the molecule is CC1(C)CCC(NC(=O)CC2CCNCC2)CC1.Cl. The van der Waals surface area contributed by atoms with Gasteiger partial charge in [-0.2, -0.15) is 0 Å². The summed E-state index contributed by atoms with van der Waals surface area (Å²) in [5, 5.41) is 6.59. The minimum absolute atomic E-state index is 0. The van der Waals surface area contributed by atoms with Gasteiger partial charge >= 0.3 is 0 Å². The molecule has 1 aliphatic heterocycles. The first-order chi connectivity index (χ1) is 8.55. The molecule has 19 heavy (non-hydrogen) atoms. The third-order valence-electron chi connectivity index (χ3n) is 4.64. The van der Waals surface area contributed by atoms with Crippen molar-refractivity contribution >= 4 is 18.3 Å². The molecule has 1 saturated carbocycles. The fourth-order valence-corrected chi connectivity index (χ4v) is 3.18. The van der Waals surface area contributed by atoms with E-state index in [-0.39, 0.29) is 18.3 Å².